The Kier molecular flexibility index (Phi) is 4.86. The number of nitrogens with one attached hydrogen (secondary N) is 2. The van der Waals surface area contributed by atoms with Crippen LogP contribution >= 0.6 is 0 Å². The Labute approximate surface area is 108 Å². The molecule has 19 heavy (non-hydrogen) atoms. The maximum Gasteiger partial charge on any atom is 0.326 e. The van der Waals surface area contributed by atoms with Gasteiger partial charge in [0.1, 0.15) is 6.04 Å². The lowest BCUT2D eigenvalue weighted by atomic mass is 10.1. The van der Waals surface area contributed by atoms with Crippen molar-refractivity contribution >= 4 is 23.6 Å². The number of hydrogen-bond donors (Lipinski definition) is 4. The molecule has 0 aromatic carbocycles. The number of hydrogen-bond acceptors (Lipinski definition) is 4. The molecule has 0 spiro atoms. The smallest absolute Gasteiger partial charge is 0.326 e. The number of nitrogens with zero attached hydrogens (tertiary/aromatic N) is 2. The summed E-state index contributed by atoms with van der Waals surface area (Å²) in [5.41, 5.74) is 5.36. The topological polar surface area (TPSA) is 139 Å². The normalized spacial score (nSPS) is 11.6. The van der Waals surface area contributed by atoms with Crippen LogP contribution in [0.2, 0.25) is 0 Å². The summed E-state index contributed by atoms with van der Waals surface area (Å²) in [5, 5.41) is 17.4. The third kappa shape index (κ3) is 5.06. The minimum Gasteiger partial charge on any atom is -0.480 e. The molecule has 1 aromatic rings. The average molecular weight is 269 g/mol. The number of carbonyl (C=O) groups is 3. The molecule has 0 aliphatic rings. The number of aryl methyl sites for hydroxylation is 1. The summed E-state index contributed by atoms with van der Waals surface area (Å²) in [4.78, 5) is 33.0. The Hall–Kier alpha value is -2.58. The first-order valence-electron chi connectivity index (χ1n) is 5.45. The van der Waals surface area contributed by atoms with Crippen LogP contribution < -0.4 is 16.4 Å². The Morgan fingerprint density at radius 3 is 2.68 bits per heavy atom. The molecule has 0 radical (unpaired) electrons. The summed E-state index contributed by atoms with van der Waals surface area (Å²) in [6, 6.07) is -1.87. The second-order valence-electron chi connectivity index (χ2n) is 3.90. The minimum atomic E-state index is -1.23. The van der Waals surface area contributed by atoms with Crippen LogP contribution in [0.4, 0.5) is 10.5 Å². The summed E-state index contributed by atoms with van der Waals surface area (Å²) in [6.07, 6.45) is 2.78. The maximum absolute atomic E-state index is 11.5. The van der Waals surface area contributed by atoms with Gasteiger partial charge in [-0.2, -0.15) is 5.10 Å². The molecular weight excluding hydrogens is 254 g/mol. The molecule has 104 valence electrons. The lowest BCUT2D eigenvalue weighted by Crippen LogP contribution is -2.43. The molecule has 1 aromatic heterocycles. The Morgan fingerprint density at radius 1 is 1.53 bits per heavy atom. The van der Waals surface area contributed by atoms with Gasteiger partial charge >= 0.3 is 12.0 Å². The van der Waals surface area contributed by atoms with E-state index in [4.69, 9.17) is 10.8 Å². The largest absolute Gasteiger partial charge is 0.480 e. The van der Waals surface area contributed by atoms with E-state index in [2.05, 4.69) is 15.7 Å². The van der Waals surface area contributed by atoms with E-state index in [-0.39, 0.29) is 12.8 Å². The lowest BCUT2D eigenvalue weighted by Gasteiger charge is -2.13. The van der Waals surface area contributed by atoms with Gasteiger partial charge in [-0.25, -0.2) is 9.59 Å². The third-order valence-electron chi connectivity index (χ3n) is 2.25. The predicted molar refractivity (Wildman–Crippen MR) is 65.2 cm³/mol. The molecule has 9 heteroatoms. The molecule has 0 bridgehead atoms. The van der Waals surface area contributed by atoms with Gasteiger partial charge in [0.05, 0.1) is 11.9 Å². The SMILES string of the molecule is Cn1cc(NC(=O)NC(CCC(N)=O)C(=O)O)cn1. The summed E-state index contributed by atoms with van der Waals surface area (Å²) in [7, 11) is 1.68. The van der Waals surface area contributed by atoms with Crippen molar-refractivity contribution < 1.29 is 19.5 Å². The van der Waals surface area contributed by atoms with Crippen LogP contribution in [0.5, 0.6) is 0 Å². The van der Waals surface area contributed by atoms with Gasteiger partial charge in [0.2, 0.25) is 5.91 Å². The summed E-state index contributed by atoms with van der Waals surface area (Å²) >= 11 is 0. The Morgan fingerprint density at radius 2 is 2.21 bits per heavy atom. The monoisotopic (exact) mass is 269 g/mol. The molecule has 9 nitrogen and oxygen atoms in total. The van der Waals surface area contributed by atoms with Crippen molar-refractivity contribution in [2.24, 2.45) is 12.8 Å². The molecule has 0 aliphatic heterocycles. The van der Waals surface area contributed by atoms with E-state index in [1.165, 1.54) is 10.9 Å². The van der Waals surface area contributed by atoms with Gasteiger partial charge in [0.25, 0.3) is 0 Å². The average Bonchev–Trinajstić information content (AvgIpc) is 2.69. The van der Waals surface area contributed by atoms with Crippen molar-refractivity contribution in [2.75, 3.05) is 5.32 Å². The number of nitrogens with two attached hydrogens (primary N) is 1. The molecule has 1 unspecified atom stereocenters. The zero-order valence-corrected chi connectivity index (χ0v) is 10.3. The van der Waals surface area contributed by atoms with Gasteiger partial charge in [-0.15, -0.1) is 0 Å². The number of carboxylic acids is 1. The highest BCUT2D eigenvalue weighted by atomic mass is 16.4. The van der Waals surface area contributed by atoms with Crippen molar-refractivity contribution in [3.63, 3.8) is 0 Å². The van der Waals surface area contributed by atoms with Crippen molar-refractivity contribution in [3.05, 3.63) is 12.4 Å². The fourth-order valence-corrected chi connectivity index (χ4v) is 1.36. The first-order chi connectivity index (χ1) is 8.88. The number of rotatable bonds is 6. The van der Waals surface area contributed by atoms with E-state index in [1.807, 2.05) is 0 Å². The van der Waals surface area contributed by atoms with Crippen LogP contribution in [0, 0.1) is 0 Å². The zero-order chi connectivity index (χ0) is 14.4. The van der Waals surface area contributed by atoms with E-state index in [9.17, 15) is 14.4 Å². The van der Waals surface area contributed by atoms with Gasteiger partial charge in [-0.05, 0) is 6.42 Å². The first kappa shape index (κ1) is 14.5. The van der Waals surface area contributed by atoms with Crippen LogP contribution in [0.25, 0.3) is 0 Å². The highest BCUT2D eigenvalue weighted by Crippen LogP contribution is 2.04. The molecule has 0 aliphatic carbocycles. The Bertz CT molecular complexity index is 484. The van der Waals surface area contributed by atoms with Gasteiger partial charge in [-0.1, -0.05) is 0 Å². The Balaban J connectivity index is 2.51. The second-order valence-corrected chi connectivity index (χ2v) is 3.90. The fourth-order valence-electron chi connectivity index (χ4n) is 1.36. The maximum atomic E-state index is 11.5. The molecular formula is C10H15N5O4. The van der Waals surface area contributed by atoms with Crippen LogP contribution in [0.1, 0.15) is 12.8 Å². The van der Waals surface area contributed by atoms with Crippen LogP contribution in [-0.4, -0.2) is 38.8 Å². The van der Waals surface area contributed by atoms with Gasteiger partial charge in [0, 0.05) is 19.7 Å². The van der Waals surface area contributed by atoms with Crippen molar-refractivity contribution in [1.29, 1.82) is 0 Å². The number of aliphatic carboxylic acids is 1. The second kappa shape index (κ2) is 6.38. The summed E-state index contributed by atoms with van der Waals surface area (Å²) in [6.45, 7) is 0. The van der Waals surface area contributed by atoms with E-state index >= 15 is 0 Å². The van der Waals surface area contributed by atoms with Gasteiger partial charge in [-0.3, -0.25) is 9.48 Å². The number of amides is 3. The molecule has 1 rings (SSSR count). The standard InChI is InChI=1S/C10H15N5O4/c1-15-5-6(4-12-15)13-10(19)14-7(9(17)18)2-3-8(11)16/h4-5,7H,2-3H2,1H3,(H2,11,16)(H,17,18)(H2,13,14,19). The van der Waals surface area contributed by atoms with Crippen LogP contribution in [-0.2, 0) is 16.6 Å². The molecule has 3 amide bonds. The van der Waals surface area contributed by atoms with Crippen molar-refractivity contribution in [2.45, 2.75) is 18.9 Å². The minimum absolute atomic E-state index is 0.0644. The highest BCUT2D eigenvalue weighted by Gasteiger charge is 2.20. The highest BCUT2D eigenvalue weighted by molar-refractivity contribution is 5.92. The quantitative estimate of drug-likeness (QED) is 0.538. The molecule has 1 atom stereocenters. The number of primary amides is 1. The van der Waals surface area contributed by atoms with E-state index < -0.39 is 23.9 Å². The molecule has 0 saturated heterocycles. The first-order valence-corrected chi connectivity index (χ1v) is 5.45. The third-order valence-corrected chi connectivity index (χ3v) is 2.25. The summed E-state index contributed by atoms with van der Waals surface area (Å²) in [5.74, 6) is -1.86. The summed E-state index contributed by atoms with van der Waals surface area (Å²) < 4.78 is 1.48. The fraction of sp³-hybridized carbons (Fsp3) is 0.400. The van der Waals surface area contributed by atoms with E-state index in [0.29, 0.717) is 5.69 Å². The molecule has 5 N–H and O–H groups in total. The number of carbonyl (C=O) groups excluding carboxylic acids is 2. The molecule has 0 fully saturated rings. The van der Waals surface area contributed by atoms with Crippen LogP contribution in [0.3, 0.4) is 0 Å². The van der Waals surface area contributed by atoms with Crippen molar-refractivity contribution in [1.82, 2.24) is 15.1 Å². The number of anilines is 1. The molecule has 0 saturated carbocycles. The van der Waals surface area contributed by atoms with Gasteiger partial charge in [0.15, 0.2) is 0 Å². The van der Waals surface area contributed by atoms with Crippen molar-refractivity contribution in [3.8, 4) is 0 Å². The number of urea groups is 1. The predicted octanol–water partition coefficient (Wildman–Crippen LogP) is -0.740. The van der Waals surface area contributed by atoms with Gasteiger partial charge < -0.3 is 21.5 Å². The number of aromatic nitrogens is 2. The zero-order valence-electron chi connectivity index (χ0n) is 10.3. The van der Waals surface area contributed by atoms with E-state index in [0.717, 1.165) is 0 Å². The molecule has 1 heterocycles. The number of carboxylic acid groups (broad SMARTS) is 1. The van der Waals surface area contributed by atoms with E-state index in [1.54, 1.807) is 13.2 Å². The van der Waals surface area contributed by atoms with Crippen LogP contribution in [0.15, 0.2) is 12.4 Å². The lowest BCUT2D eigenvalue weighted by molar-refractivity contribution is -0.139.